The van der Waals surface area contributed by atoms with Crippen molar-refractivity contribution in [1.82, 2.24) is 0 Å². The van der Waals surface area contributed by atoms with Crippen molar-refractivity contribution in [3.8, 4) is 0 Å². The molecule has 0 bridgehead atoms. The predicted octanol–water partition coefficient (Wildman–Crippen LogP) is -1.39. The molecule has 5 heteroatoms. The zero-order chi connectivity index (χ0) is 7.84. The lowest BCUT2D eigenvalue weighted by atomic mass is 9.93. The molecule has 11 heavy (non-hydrogen) atoms. The average Bonchev–Trinajstić information content (AvgIpc) is 2.30. The number of ether oxygens (including phenoxy) is 3. The molecular weight excluding hydrogens is 147 g/mol. The minimum absolute atomic E-state index is 0.200. The van der Waals surface area contributed by atoms with Gasteiger partial charge in [-0.25, -0.2) is 0 Å². The molecule has 0 amide bonds. The molecule has 0 saturated carbocycles. The van der Waals surface area contributed by atoms with Crippen LogP contribution in [0.25, 0.3) is 0 Å². The van der Waals surface area contributed by atoms with Crippen LogP contribution in [-0.4, -0.2) is 50.7 Å². The van der Waals surface area contributed by atoms with Crippen LogP contribution in [0.1, 0.15) is 0 Å². The smallest absolute Gasteiger partial charge is 0.147 e. The number of aliphatic hydroxyl groups is 1. The first kappa shape index (κ1) is 7.55. The van der Waals surface area contributed by atoms with Crippen molar-refractivity contribution < 1.29 is 19.3 Å². The van der Waals surface area contributed by atoms with Crippen LogP contribution < -0.4 is 0 Å². The van der Waals surface area contributed by atoms with Crippen molar-refractivity contribution in [2.24, 2.45) is 0 Å². The van der Waals surface area contributed by atoms with Gasteiger partial charge in [0.05, 0.1) is 6.61 Å². The van der Waals surface area contributed by atoms with E-state index in [1.165, 1.54) is 0 Å². The molecule has 4 nitrogen and oxygen atoms in total. The van der Waals surface area contributed by atoms with Gasteiger partial charge in [0.15, 0.2) is 0 Å². The van der Waals surface area contributed by atoms with Gasteiger partial charge >= 0.3 is 0 Å². The summed E-state index contributed by atoms with van der Waals surface area (Å²) in [6.07, 6.45) is -1.23. The highest BCUT2D eigenvalue weighted by atomic mass is 16.7. The average molecular weight is 156 g/mol. The molecule has 0 spiro atoms. The van der Waals surface area contributed by atoms with Crippen LogP contribution in [0.15, 0.2) is 0 Å². The zero-order valence-corrected chi connectivity index (χ0v) is 5.97. The lowest BCUT2D eigenvalue weighted by molar-refractivity contribution is -0.187. The van der Waals surface area contributed by atoms with Gasteiger partial charge in [0, 0.05) is 6.00 Å². The summed E-state index contributed by atoms with van der Waals surface area (Å²) in [6, 6.07) is -0.633. The summed E-state index contributed by atoms with van der Waals surface area (Å²) in [6.45, 7) is 0.670. The van der Waals surface area contributed by atoms with E-state index in [0.717, 1.165) is 0 Å². The fourth-order valence-corrected chi connectivity index (χ4v) is 1.40. The highest BCUT2D eigenvalue weighted by molar-refractivity contribution is 6.11. The molecule has 4 atom stereocenters. The molecule has 0 aromatic carbocycles. The van der Waals surface area contributed by atoms with Crippen molar-refractivity contribution in [3.63, 3.8) is 0 Å². The largest absolute Gasteiger partial charge is 0.388 e. The quantitative estimate of drug-likeness (QED) is 0.439. The fraction of sp³-hybridized carbons (Fsp3) is 1.00. The molecule has 0 aromatic heterocycles. The van der Waals surface area contributed by atoms with Gasteiger partial charge in [-0.15, -0.1) is 0 Å². The molecule has 0 aliphatic carbocycles. The van der Waals surface area contributed by atoms with Gasteiger partial charge in [-0.1, -0.05) is 0 Å². The fourth-order valence-electron chi connectivity index (χ4n) is 1.40. The first-order valence-electron chi connectivity index (χ1n) is 3.57. The third-order valence-corrected chi connectivity index (χ3v) is 2.00. The minimum atomic E-state index is -0.719. The maximum absolute atomic E-state index is 9.36. The van der Waals surface area contributed by atoms with E-state index in [0.29, 0.717) is 6.61 Å². The van der Waals surface area contributed by atoms with E-state index in [1.54, 1.807) is 0 Å². The third kappa shape index (κ3) is 1.18. The van der Waals surface area contributed by atoms with E-state index in [-0.39, 0.29) is 19.0 Å². The summed E-state index contributed by atoms with van der Waals surface area (Å²) in [5.41, 5.74) is 0. The van der Waals surface area contributed by atoms with E-state index >= 15 is 0 Å². The molecule has 2 unspecified atom stereocenters. The van der Waals surface area contributed by atoms with Gasteiger partial charge in [0.1, 0.15) is 33.0 Å². The van der Waals surface area contributed by atoms with E-state index in [1.807, 2.05) is 0 Å². The van der Waals surface area contributed by atoms with Gasteiger partial charge in [-0.05, 0) is 0 Å². The molecule has 2 aliphatic rings. The minimum Gasteiger partial charge on any atom is -0.388 e. The van der Waals surface area contributed by atoms with E-state index in [2.05, 4.69) is 0 Å². The second-order valence-corrected chi connectivity index (χ2v) is 2.75. The van der Waals surface area contributed by atoms with E-state index in [4.69, 9.17) is 22.1 Å². The van der Waals surface area contributed by atoms with Gasteiger partial charge in [-0.3, -0.25) is 0 Å². The molecule has 2 fully saturated rings. The normalized spacial score (nSPS) is 50.6. The maximum Gasteiger partial charge on any atom is 0.147 e. The Bertz CT molecular complexity index is 154. The van der Waals surface area contributed by atoms with Gasteiger partial charge < -0.3 is 19.3 Å². The lowest BCUT2D eigenvalue weighted by Gasteiger charge is -2.25. The number of hydrogen-bond donors (Lipinski definition) is 1. The Labute approximate surface area is 65.8 Å². The van der Waals surface area contributed by atoms with Crippen LogP contribution in [0.3, 0.4) is 0 Å². The Balaban J connectivity index is 2.05. The zero-order valence-electron chi connectivity index (χ0n) is 5.97. The molecule has 2 radical (unpaired) electrons. The first-order chi connectivity index (χ1) is 5.29. The Morgan fingerprint density at radius 2 is 2.27 bits per heavy atom. The first-order valence-corrected chi connectivity index (χ1v) is 3.57. The molecule has 2 heterocycles. The molecule has 2 aliphatic heterocycles. The second-order valence-electron chi connectivity index (χ2n) is 2.75. The van der Waals surface area contributed by atoms with Crippen LogP contribution in [0.2, 0.25) is 0 Å². The number of aliphatic hydroxyl groups excluding tert-OH is 1. The molecule has 0 aromatic rings. The Morgan fingerprint density at radius 1 is 1.45 bits per heavy atom. The SMILES string of the molecule is [B]C1OC2COCO[C@H]2[C@H]1O. The topological polar surface area (TPSA) is 47.9 Å². The van der Waals surface area contributed by atoms with Crippen LogP contribution in [0, 0.1) is 0 Å². The summed E-state index contributed by atoms with van der Waals surface area (Å²) in [7, 11) is 5.43. The number of fused-ring (bicyclic) bond motifs is 1. The second kappa shape index (κ2) is 2.75. The summed E-state index contributed by atoms with van der Waals surface area (Å²) in [5.74, 6) is 0. The molecule has 1 N–H and O–H groups in total. The van der Waals surface area contributed by atoms with Crippen molar-refractivity contribution in [3.05, 3.63) is 0 Å². The number of hydrogen-bond acceptors (Lipinski definition) is 4. The Hall–Kier alpha value is -0.0951. The van der Waals surface area contributed by atoms with Crippen molar-refractivity contribution in [2.45, 2.75) is 24.3 Å². The summed E-state index contributed by atoms with van der Waals surface area (Å²) >= 11 is 0. The van der Waals surface area contributed by atoms with Crippen LogP contribution >= 0.6 is 0 Å². The number of rotatable bonds is 0. The lowest BCUT2D eigenvalue weighted by Crippen LogP contribution is -2.41. The van der Waals surface area contributed by atoms with Crippen LogP contribution in [-0.2, 0) is 14.2 Å². The maximum atomic E-state index is 9.36. The van der Waals surface area contributed by atoms with E-state index < -0.39 is 12.1 Å². The van der Waals surface area contributed by atoms with Gasteiger partial charge in [0.2, 0.25) is 0 Å². The molecular formula is C6H9BO4. The molecule has 60 valence electrons. The van der Waals surface area contributed by atoms with Gasteiger partial charge in [-0.2, -0.15) is 0 Å². The molecule has 2 rings (SSSR count). The van der Waals surface area contributed by atoms with E-state index in [9.17, 15) is 5.11 Å². The Morgan fingerprint density at radius 3 is 3.00 bits per heavy atom. The predicted molar refractivity (Wildman–Crippen MR) is 36.1 cm³/mol. The third-order valence-electron chi connectivity index (χ3n) is 2.00. The standard InChI is InChI=1S/C6H9BO4/c7-6-4(8)5-3(11-6)1-9-2-10-5/h3-6,8H,1-2H2/t3?,4-,5-,6?/m1/s1. The summed E-state index contributed by atoms with van der Waals surface area (Å²) in [5, 5.41) is 9.36. The Kier molecular flexibility index (Phi) is 1.89. The summed E-state index contributed by atoms with van der Waals surface area (Å²) < 4.78 is 15.2. The summed E-state index contributed by atoms with van der Waals surface area (Å²) in [4.78, 5) is 0. The highest BCUT2D eigenvalue weighted by Crippen LogP contribution is 2.24. The highest BCUT2D eigenvalue weighted by Gasteiger charge is 2.43. The van der Waals surface area contributed by atoms with Gasteiger partial charge in [0.25, 0.3) is 0 Å². The monoisotopic (exact) mass is 156 g/mol. The van der Waals surface area contributed by atoms with Crippen LogP contribution in [0.5, 0.6) is 0 Å². The van der Waals surface area contributed by atoms with Crippen molar-refractivity contribution in [1.29, 1.82) is 0 Å². The van der Waals surface area contributed by atoms with Crippen molar-refractivity contribution >= 4 is 7.85 Å². The molecule has 2 saturated heterocycles. The van der Waals surface area contributed by atoms with Crippen molar-refractivity contribution in [2.75, 3.05) is 13.4 Å². The van der Waals surface area contributed by atoms with Crippen LogP contribution in [0.4, 0.5) is 0 Å².